The molecule has 0 bridgehead atoms. The van der Waals surface area contributed by atoms with E-state index in [9.17, 15) is 45.3 Å². The summed E-state index contributed by atoms with van der Waals surface area (Å²) < 4.78 is 33.6. The van der Waals surface area contributed by atoms with Crippen molar-refractivity contribution < 1.29 is 73.8 Å². The van der Waals surface area contributed by atoms with Crippen LogP contribution in [-0.2, 0) is 38.0 Å². The predicted molar refractivity (Wildman–Crippen MR) is 257 cm³/mol. The van der Waals surface area contributed by atoms with Crippen LogP contribution in [0.15, 0.2) is 12.2 Å². The van der Waals surface area contributed by atoms with Crippen molar-refractivity contribution in [3.63, 3.8) is 0 Å². The van der Waals surface area contributed by atoms with Gasteiger partial charge >= 0.3 is 11.9 Å². The quantitative estimate of drug-likeness (QED) is 0.0176. The van der Waals surface area contributed by atoms with E-state index in [-0.39, 0.29) is 26.1 Å². The van der Waals surface area contributed by atoms with E-state index >= 15 is 0 Å². The summed E-state index contributed by atoms with van der Waals surface area (Å²) in [6.07, 6.45) is 22.4. The maximum atomic E-state index is 13.0. The minimum atomic E-state index is -1.76. The SMILES string of the molecule is CCCCCC/C=C/CCCCCCCC(=O)O[C@@H](COC(=O)CCCCCCCCCCCCCCCCCCCC)CO[C@@H]1O[C@H](CO[C@@H]2O[C@H](CO)[C@H](O)C(O)C2O)[C@H](O)C(O)C1O. The van der Waals surface area contributed by atoms with Crippen LogP contribution in [0.4, 0.5) is 0 Å². The molecule has 2 rings (SSSR count). The van der Waals surface area contributed by atoms with E-state index < -0.39 is 92.7 Å². The summed E-state index contributed by atoms with van der Waals surface area (Å²) in [7, 11) is 0. The van der Waals surface area contributed by atoms with Crippen LogP contribution in [0, 0.1) is 0 Å². The second-order valence-corrected chi connectivity index (χ2v) is 19.1. The molecule has 0 aliphatic carbocycles. The summed E-state index contributed by atoms with van der Waals surface area (Å²) in [5, 5.41) is 72.1. The van der Waals surface area contributed by atoms with Gasteiger partial charge in [-0.1, -0.05) is 174 Å². The van der Waals surface area contributed by atoms with Crippen LogP contribution in [-0.4, -0.2) is 142 Å². The number of carbonyl (C=O) groups is 2. The maximum absolute atomic E-state index is 13.0. The van der Waals surface area contributed by atoms with Crippen LogP contribution in [0.5, 0.6) is 0 Å². The number of aliphatic hydroxyl groups excluding tert-OH is 7. The van der Waals surface area contributed by atoms with Crippen molar-refractivity contribution in [3.05, 3.63) is 12.2 Å². The number of ether oxygens (including phenoxy) is 6. The molecule has 7 N–H and O–H groups in total. The van der Waals surface area contributed by atoms with Gasteiger partial charge in [0.1, 0.15) is 55.4 Å². The van der Waals surface area contributed by atoms with Gasteiger partial charge in [-0.15, -0.1) is 0 Å². The predicted octanol–water partition coefficient (Wildman–Crippen LogP) is 7.77. The highest BCUT2D eigenvalue weighted by atomic mass is 16.7. The fourth-order valence-electron chi connectivity index (χ4n) is 8.57. The van der Waals surface area contributed by atoms with E-state index in [0.717, 1.165) is 57.8 Å². The normalized spacial score (nSPS) is 26.0. The molecule has 0 aromatic heterocycles. The molecule has 2 saturated heterocycles. The molecular weight excluding hydrogens is 865 g/mol. The van der Waals surface area contributed by atoms with Crippen molar-refractivity contribution in [2.24, 2.45) is 0 Å². The lowest BCUT2D eigenvalue weighted by molar-refractivity contribution is -0.332. The minimum Gasteiger partial charge on any atom is -0.462 e. The van der Waals surface area contributed by atoms with Gasteiger partial charge in [-0.2, -0.15) is 0 Å². The fraction of sp³-hybridized carbons (Fsp3) is 0.923. The molecule has 2 heterocycles. The second-order valence-electron chi connectivity index (χ2n) is 19.1. The van der Waals surface area contributed by atoms with E-state index in [4.69, 9.17) is 28.4 Å². The zero-order chi connectivity index (χ0) is 48.9. The van der Waals surface area contributed by atoms with Gasteiger partial charge in [-0.25, -0.2) is 0 Å². The lowest BCUT2D eigenvalue weighted by atomic mass is 9.98. The summed E-state index contributed by atoms with van der Waals surface area (Å²) in [4.78, 5) is 25.8. The van der Waals surface area contributed by atoms with Crippen molar-refractivity contribution in [1.82, 2.24) is 0 Å². The standard InChI is InChI=1S/C52H96O15/c1-3-5-7-9-11-13-15-17-18-19-20-21-23-24-26-28-30-32-34-43(54)62-37-40(65-44(55)35-33-31-29-27-25-22-16-14-12-10-8-6-4-2)38-63-51-50(61)48(59)46(57)42(67-51)39-64-52-49(60)47(58)45(56)41(36-53)66-52/h14,16,40-42,45-53,56-61H,3-13,15,17-39H2,1-2H3/b16-14+/t40-,41+,42+,45-,46-,47?,48?,49?,50?,51+,52+/m0/s1. The molecule has 0 amide bonds. The molecule has 0 aromatic carbocycles. The highest BCUT2D eigenvalue weighted by Crippen LogP contribution is 2.27. The van der Waals surface area contributed by atoms with E-state index in [0.29, 0.717) is 12.8 Å². The Morgan fingerprint density at radius 3 is 1.33 bits per heavy atom. The first-order valence-corrected chi connectivity index (χ1v) is 26.8. The number of allylic oxidation sites excluding steroid dienone is 2. The van der Waals surface area contributed by atoms with E-state index in [1.807, 2.05) is 0 Å². The molecule has 15 heteroatoms. The molecule has 4 unspecified atom stereocenters. The largest absolute Gasteiger partial charge is 0.462 e. The van der Waals surface area contributed by atoms with E-state index in [1.165, 1.54) is 116 Å². The van der Waals surface area contributed by atoms with Crippen LogP contribution in [0.1, 0.15) is 213 Å². The Kier molecular flexibility index (Phi) is 36.5. The zero-order valence-corrected chi connectivity index (χ0v) is 41.7. The lowest BCUT2D eigenvalue weighted by Gasteiger charge is -2.42. The van der Waals surface area contributed by atoms with Gasteiger partial charge in [-0.3, -0.25) is 9.59 Å². The number of esters is 2. The molecule has 0 saturated carbocycles. The number of hydrogen-bond donors (Lipinski definition) is 7. The molecule has 2 aliphatic heterocycles. The van der Waals surface area contributed by atoms with Crippen molar-refractivity contribution in [3.8, 4) is 0 Å². The smallest absolute Gasteiger partial charge is 0.306 e. The molecule has 0 aromatic rings. The third-order valence-corrected chi connectivity index (χ3v) is 13.0. The molecule has 2 aliphatic rings. The van der Waals surface area contributed by atoms with Gasteiger partial charge in [0, 0.05) is 12.8 Å². The van der Waals surface area contributed by atoms with Crippen molar-refractivity contribution in [1.29, 1.82) is 0 Å². The average molecular weight is 961 g/mol. The van der Waals surface area contributed by atoms with Gasteiger partial charge in [0.15, 0.2) is 18.7 Å². The Morgan fingerprint density at radius 1 is 0.463 bits per heavy atom. The monoisotopic (exact) mass is 961 g/mol. The van der Waals surface area contributed by atoms with Crippen LogP contribution in [0.2, 0.25) is 0 Å². The van der Waals surface area contributed by atoms with Crippen molar-refractivity contribution in [2.75, 3.05) is 26.4 Å². The van der Waals surface area contributed by atoms with E-state index in [1.54, 1.807) is 0 Å². The molecule has 11 atom stereocenters. The van der Waals surface area contributed by atoms with Crippen LogP contribution in [0.25, 0.3) is 0 Å². The lowest BCUT2D eigenvalue weighted by Crippen LogP contribution is -2.61. The number of carbonyl (C=O) groups excluding carboxylic acids is 2. The Labute approximate surface area is 403 Å². The van der Waals surface area contributed by atoms with Crippen molar-refractivity contribution >= 4 is 11.9 Å². The molecule has 15 nitrogen and oxygen atoms in total. The van der Waals surface area contributed by atoms with Gasteiger partial charge in [0.05, 0.1) is 19.8 Å². The Balaban J connectivity index is 1.78. The number of unbranched alkanes of at least 4 members (excludes halogenated alkanes) is 26. The average Bonchev–Trinajstić information content (AvgIpc) is 3.32. The summed E-state index contributed by atoms with van der Waals surface area (Å²) in [6.45, 7) is 2.59. The van der Waals surface area contributed by atoms with Gasteiger partial charge in [0.2, 0.25) is 0 Å². The summed E-state index contributed by atoms with van der Waals surface area (Å²) in [5.41, 5.74) is 0. The summed E-state index contributed by atoms with van der Waals surface area (Å²) >= 11 is 0. The van der Waals surface area contributed by atoms with Crippen molar-refractivity contribution in [2.45, 2.75) is 280 Å². The molecule has 2 fully saturated rings. The minimum absolute atomic E-state index is 0.159. The molecule has 0 radical (unpaired) electrons. The zero-order valence-electron chi connectivity index (χ0n) is 41.7. The highest BCUT2D eigenvalue weighted by Gasteiger charge is 2.47. The second kappa shape index (κ2) is 39.9. The van der Waals surface area contributed by atoms with Crippen LogP contribution in [0.3, 0.4) is 0 Å². The molecule has 394 valence electrons. The Hall–Kier alpha value is -1.76. The first-order chi connectivity index (χ1) is 32.5. The molecule has 0 spiro atoms. The summed E-state index contributed by atoms with van der Waals surface area (Å²) in [6, 6.07) is 0. The third kappa shape index (κ3) is 28.0. The molecule has 67 heavy (non-hydrogen) atoms. The number of aliphatic hydroxyl groups is 7. The number of hydrogen-bond acceptors (Lipinski definition) is 15. The van der Waals surface area contributed by atoms with Crippen LogP contribution >= 0.6 is 0 Å². The first kappa shape index (κ1) is 61.4. The number of rotatable bonds is 42. The van der Waals surface area contributed by atoms with Crippen LogP contribution < -0.4 is 0 Å². The van der Waals surface area contributed by atoms with E-state index in [2.05, 4.69) is 26.0 Å². The van der Waals surface area contributed by atoms with Gasteiger partial charge < -0.3 is 64.2 Å². The Bertz CT molecular complexity index is 1220. The topological polar surface area (TPSA) is 231 Å². The Morgan fingerprint density at radius 2 is 0.851 bits per heavy atom. The van der Waals surface area contributed by atoms with Gasteiger partial charge in [0.25, 0.3) is 0 Å². The maximum Gasteiger partial charge on any atom is 0.306 e. The first-order valence-electron chi connectivity index (χ1n) is 26.8. The highest BCUT2D eigenvalue weighted by molar-refractivity contribution is 5.70. The summed E-state index contributed by atoms with van der Waals surface area (Å²) in [5.74, 6) is -0.924. The molecular formula is C52H96O15. The third-order valence-electron chi connectivity index (χ3n) is 13.0. The fourth-order valence-corrected chi connectivity index (χ4v) is 8.57. The van der Waals surface area contributed by atoms with Gasteiger partial charge in [-0.05, 0) is 38.5 Å².